The van der Waals surface area contributed by atoms with Crippen LogP contribution in [0.1, 0.15) is 24.8 Å². The van der Waals surface area contributed by atoms with Crippen molar-refractivity contribution in [2.45, 2.75) is 24.7 Å². The summed E-state index contributed by atoms with van der Waals surface area (Å²) in [5.74, 6) is 2.92. The number of halogens is 2. The highest BCUT2D eigenvalue weighted by molar-refractivity contribution is 5.88. The minimum atomic E-state index is -0.936. The number of nitrogens with two attached hydrogens (primary N) is 1. The van der Waals surface area contributed by atoms with Gasteiger partial charge in [-0.15, -0.1) is 0 Å². The molecule has 16 heavy (non-hydrogen) atoms. The molecule has 0 saturated heterocycles. The molecule has 0 unspecified atom stereocenters. The zero-order chi connectivity index (χ0) is 11.8. The number of hydrogen-bond acceptors (Lipinski definition) is 2. The number of benzene rings is 1. The Kier molecular flexibility index (Phi) is 2.63. The van der Waals surface area contributed by atoms with Gasteiger partial charge in [-0.1, -0.05) is 12.5 Å². The average molecular weight is 226 g/mol. The summed E-state index contributed by atoms with van der Waals surface area (Å²) in [4.78, 5) is 11.7. The molecule has 0 heterocycles. The van der Waals surface area contributed by atoms with Crippen molar-refractivity contribution in [3.05, 3.63) is 35.4 Å². The Morgan fingerprint density at radius 3 is 2.44 bits per heavy atom. The van der Waals surface area contributed by atoms with Gasteiger partial charge in [0.15, 0.2) is 11.6 Å². The molecule has 2 rings (SSSR count). The van der Waals surface area contributed by atoms with Crippen LogP contribution in [0.15, 0.2) is 18.2 Å². The van der Waals surface area contributed by atoms with Crippen LogP contribution in [0.5, 0.6) is 0 Å². The lowest BCUT2D eigenvalue weighted by Crippen LogP contribution is -2.51. The van der Waals surface area contributed by atoms with Gasteiger partial charge in [-0.25, -0.2) is 14.6 Å². The van der Waals surface area contributed by atoms with E-state index in [2.05, 4.69) is 5.43 Å². The standard InChI is InChI=1S/C11H12F2N2O/c12-8-3-2-7(6-9(8)13)11(4-1-5-11)10(16)15-14/h2-3,6H,1,4-5,14H2,(H,15,16). The zero-order valence-electron chi connectivity index (χ0n) is 8.59. The van der Waals surface area contributed by atoms with E-state index in [1.807, 2.05) is 0 Å². The van der Waals surface area contributed by atoms with E-state index in [9.17, 15) is 13.6 Å². The summed E-state index contributed by atoms with van der Waals surface area (Å²) in [5, 5.41) is 0. The largest absolute Gasteiger partial charge is 0.293 e. The maximum atomic E-state index is 13.1. The van der Waals surface area contributed by atoms with E-state index in [0.717, 1.165) is 18.6 Å². The first-order valence-electron chi connectivity index (χ1n) is 5.07. The van der Waals surface area contributed by atoms with E-state index in [-0.39, 0.29) is 5.91 Å². The lowest BCUT2D eigenvalue weighted by molar-refractivity contribution is -0.130. The van der Waals surface area contributed by atoms with Gasteiger partial charge in [0.05, 0.1) is 5.41 Å². The minimum absolute atomic E-state index is 0.343. The Labute approximate surface area is 91.6 Å². The first-order chi connectivity index (χ1) is 7.60. The van der Waals surface area contributed by atoms with E-state index in [1.54, 1.807) is 0 Å². The molecule has 86 valence electrons. The quantitative estimate of drug-likeness (QED) is 0.454. The molecule has 0 aromatic heterocycles. The average Bonchev–Trinajstić information content (AvgIpc) is 2.21. The number of hydrazine groups is 1. The summed E-state index contributed by atoms with van der Waals surface area (Å²) >= 11 is 0. The summed E-state index contributed by atoms with van der Waals surface area (Å²) in [6.07, 6.45) is 2.11. The van der Waals surface area contributed by atoms with Gasteiger partial charge < -0.3 is 0 Å². The molecule has 0 bridgehead atoms. The molecule has 5 heteroatoms. The molecule has 1 aliphatic rings. The smallest absolute Gasteiger partial charge is 0.244 e. The second-order valence-corrected chi connectivity index (χ2v) is 4.04. The Bertz CT molecular complexity index is 430. The summed E-state index contributed by atoms with van der Waals surface area (Å²) < 4.78 is 25.9. The molecule has 0 radical (unpaired) electrons. The third-order valence-electron chi connectivity index (χ3n) is 3.25. The third kappa shape index (κ3) is 1.48. The predicted octanol–water partition coefficient (Wildman–Crippen LogP) is 1.38. The van der Waals surface area contributed by atoms with Crippen molar-refractivity contribution in [2.75, 3.05) is 0 Å². The van der Waals surface area contributed by atoms with Gasteiger partial charge in [-0.05, 0) is 30.5 Å². The minimum Gasteiger partial charge on any atom is -0.293 e. The molecule has 1 aromatic carbocycles. The van der Waals surface area contributed by atoms with Crippen molar-refractivity contribution in [1.29, 1.82) is 0 Å². The van der Waals surface area contributed by atoms with Crippen LogP contribution in [-0.2, 0) is 10.2 Å². The molecule has 1 fully saturated rings. The molecular formula is C11H12F2N2O. The highest BCUT2D eigenvalue weighted by Crippen LogP contribution is 2.44. The molecule has 1 aromatic rings. The first kappa shape index (κ1) is 11.0. The van der Waals surface area contributed by atoms with Gasteiger partial charge >= 0.3 is 0 Å². The van der Waals surface area contributed by atoms with Gasteiger partial charge in [0.1, 0.15) is 0 Å². The maximum absolute atomic E-state index is 13.1. The normalized spacial score (nSPS) is 17.7. The Hall–Kier alpha value is -1.49. The molecule has 1 amide bonds. The topological polar surface area (TPSA) is 55.1 Å². The van der Waals surface area contributed by atoms with Crippen molar-refractivity contribution < 1.29 is 13.6 Å². The van der Waals surface area contributed by atoms with Gasteiger partial charge in [0, 0.05) is 0 Å². The SMILES string of the molecule is NNC(=O)C1(c2ccc(F)c(F)c2)CCC1. The summed E-state index contributed by atoms with van der Waals surface area (Å²) in [6.45, 7) is 0. The molecule has 3 nitrogen and oxygen atoms in total. The number of carbonyl (C=O) groups excluding carboxylic acids is 1. The first-order valence-corrected chi connectivity index (χ1v) is 5.07. The van der Waals surface area contributed by atoms with Crippen LogP contribution in [0, 0.1) is 11.6 Å². The summed E-state index contributed by atoms with van der Waals surface area (Å²) in [7, 11) is 0. The van der Waals surface area contributed by atoms with Crippen LogP contribution in [0.4, 0.5) is 8.78 Å². The number of hydrogen-bond donors (Lipinski definition) is 2. The van der Waals surface area contributed by atoms with Crippen molar-refractivity contribution in [1.82, 2.24) is 5.43 Å². The lowest BCUT2D eigenvalue weighted by atomic mass is 9.64. The lowest BCUT2D eigenvalue weighted by Gasteiger charge is -2.40. The Morgan fingerprint density at radius 2 is 2.00 bits per heavy atom. The highest BCUT2D eigenvalue weighted by atomic mass is 19.2. The van der Waals surface area contributed by atoms with Crippen molar-refractivity contribution >= 4 is 5.91 Å². The third-order valence-corrected chi connectivity index (χ3v) is 3.25. The van der Waals surface area contributed by atoms with E-state index in [0.29, 0.717) is 18.4 Å². The molecule has 1 aliphatic carbocycles. The molecule has 1 saturated carbocycles. The summed E-state index contributed by atoms with van der Waals surface area (Å²) in [6, 6.07) is 3.55. The molecular weight excluding hydrogens is 214 g/mol. The fraction of sp³-hybridized carbons (Fsp3) is 0.364. The van der Waals surface area contributed by atoms with Crippen molar-refractivity contribution in [3.8, 4) is 0 Å². The maximum Gasteiger partial charge on any atom is 0.244 e. The van der Waals surface area contributed by atoms with Crippen LogP contribution in [-0.4, -0.2) is 5.91 Å². The Morgan fingerprint density at radius 1 is 1.31 bits per heavy atom. The number of amides is 1. The number of carbonyl (C=O) groups is 1. The second-order valence-electron chi connectivity index (χ2n) is 4.04. The van der Waals surface area contributed by atoms with Crippen molar-refractivity contribution in [3.63, 3.8) is 0 Å². The van der Waals surface area contributed by atoms with E-state index in [1.165, 1.54) is 6.07 Å². The summed E-state index contributed by atoms with van der Waals surface area (Å²) in [5.41, 5.74) is 1.80. The molecule has 0 aliphatic heterocycles. The van der Waals surface area contributed by atoms with Gasteiger partial charge in [-0.3, -0.25) is 10.2 Å². The van der Waals surface area contributed by atoms with Crippen LogP contribution in [0.3, 0.4) is 0 Å². The van der Waals surface area contributed by atoms with Crippen molar-refractivity contribution in [2.24, 2.45) is 5.84 Å². The van der Waals surface area contributed by atoms with E-state index < -0.39 is 17.0 Å². The molecule has 0 spiro atoms. The van der Waals surface area contributed by atoms with E-state index >= 15 is 0 Å². The van der Waals surface area contributed by atoms with Crippen LogP contribution < -0.4 is 11.3 Å². The van der Waals surface area contributed by atoms with Gasteiger partial charge in [-0.2, -0.15) is 0 Å². The van der Waals surface area contributed by atoms with Crippen LogP contribution >= 0.6 is 0 Å². The van der Waals surface area contributed by atoms with Gasteiger partial charge in [0.2, 0.25) is 5.91 Å². The number of nitrogens with one attached hydrogen (secondary N) is 1. The molecule has 0 atom stereocenters. The second kappa shape index (κ2) is 3.83. The van der Waals surface area contributed by atoms with E-state index in [4.69, 9.17) is 5.84 Å². The number of rotatable bonds is 2. The predicted molar refractivity (Wildman–Crippen MR) is 54.2 cm³/mol. The zero-order valence-corrected chi connectivity index (χ0v) is 8.59. The fourth-order valence-electron chi connectivity index (χ4n) is 2.11. The Balaban J connectivity index is 2.41. The fourth-order valence-corrected chi connectivity index (χ4v) is 2.11. The monoisotopic (exact) mass is 226 g/mol. The van der Waals surface area contributed by atoms with Gasteiger partial charge in [0.25, 0.3) is 0 Å². The van der Waals surface area contributed by atoms with Crippen LogP contribution in [0.25, 0.3) is 0 Å². The molecule has 3 N–H and O–H groups in total. The highest BCUT2D eigenvalue weighted by Gasteiger charge is 2.45. The van der Waals surface area contributed by atoms with Crippen LogP contribution in [0.2, 0.25) is 0 Å².